The van der Waals surface area contributed by atoms with Gasteiger partial charge in [-0.15, -0.1) is 0 Å². The fraction of sp³-hybridized carbons (Fsp3) is 0.526. The highest BCUT2D eigenvalue weighted by molar-refractivity contribution is 5.27. The summed E-state index contributed by atoms with van der Waals surface area (Å²) in [5.74, 6) is 0.895. The van der Waals surface area contributed by atoms with Crippen LogP contribution in [0.3, 0.4) is 0 Å². The molecule has 130 valence electrons. The number of hydrogen-bond donors (Lipinski definition) is 0. The SMILES string of the molecule is CCn1ccc(CN(Cc2ccc(OC)cc2)C[C@@H]2CCCO2)n1. The van der Waals surface area contributed by atoms with Gasteiger partial charge in [-0.05, 0) is 43.5 Å². The highest BCUT2D eigenvalue weighted by atomic mass is 16.5. The van der Waals surface area contributed by atoms with E-state index in [9.17, 15) is 0 Å². The zero-order valence-electron chi connectivity index (χ0n) is 14.6. The van der Waals surface area contributed by atoms with E-state index in [1.165, 1.54) is 12.0 Å². The standard InChI is InChI=1S/C19H27N3O2/c1-3-22-11-10-17(20-22)14-21(15-19-5-4-12-24-19)13-16-6-8-18(23-2)9-7-16/h6-11,19H,3-5,12-15H2,1-2H3/t19-/m0/s1. The van der Waals surface area contributed by atoms with Crippen molar-refractivity contribution in [3.63, 3.8) is 0 Å². The molecule has 1 aliphatic rings. The van der Waals surface area contributed by atoms with Crippen LogP contribution in [0.25, 0.3) is 0 Å². The Balaban J connectivity index is 1.67. The van der Waals surface area contributed by atoms with Crippen LogP contribution in [-0.2, 0) is 24.4 Å². The topological polar surface area (TPSA) is 39.5 Å². The Kier molecular flexibility index (Phi) is 5.88. The molecule has 1 saturated heterocycles. The van der Waals surface area contributed by atoms with Crippen LogP contribution in [0, 0.1) is 0 Å². The first kappa shape index (κ1) is 17.0. The average molecular weight is 329 g/mol. The van der Waals surface area contributed by atoms with Gasteiger partial charge in [0.05, 0.1) is 18.9 Å². The van der Waals surface area contributed by atoms with Crippen molar-refractivity contribution >= 4 is 0 Å². The Morgan fingerprint density at radius 2 is 2.08 bits per heavy atom. The average Bonchev–Trinajstić information content (AvgIpc) is 3.27. The van der Waals surface area contributed by atoms with E-state index in [0.717, 1.165) is 50.7 Å². The molecule has 1 aromatic carbocycles. The zero-order chi connectivity index (χ0) is 16.8. The van der Waals surface area contributed by atoms with Crippen LogP contribution in [0.5, 0.6) is 5.75 Å². The molecule has 24 heavy (non-hydrogen) atoms. The number of benzene rings is 1. The lowest BCUT2D eigenvalue weighted by Crippen LogP contribution is -2.31. The molecule has 0 aliphatic carbocycles. The van der Waals surface area contributed by atoms with Crippen LogP contribution in [0.15, 0.2) is 36.5 Å². The summed E-state index contributed by atoms with van der Waals surface area (Å²) in [6, 6.07) is 10.4. The van der Waals surface area contributed by atoms with Crippen LogP contribution < -0.4 is 4.74 Å². The second-order valence-corrected chi connectivity index (χ2v) is 6.32. The normalized spacial score (nSPS) is 17.5. The summed E-state index contributed by atoms with van der Waals surface area (Å²) < 4.78 is 13.1. The summed E-state index contributed by atoms with van der Waals surface area (Å²) in [7, 11) is 1.70. The van der Waals surface area contributed by atoms with Gasteiger partial charge in [-0.3, -0.25) is 9.58 Å². The van der Waals surface area contributed by atoms with E-state index in [0.29, 0.717) is 6.10 Å². The molecule has 0 bridgehead atoms. The van der Waals surface area contributed by atoms with Gasteiger partial charge in [0, 0.05) is 39.0 Å². The van der Waals surface area contributed by atoms with Crippen molar-refractivity contribution in [3.8, 4) is 5.75 Å². The van der Waals surface area contributed by atoms with Crippen molar-refractivity contribution in [3.05, 3.63) is 47.8 Å². The second-order valence-electron chi connectivity index (χ2n) is 6.32. The van der Waals surface area contributed by atoms with Crippen molar-refractivity contribution < 1.29 is 9.47 Å². The van der Waals surface area contributed by atoms with Crippen LogP contribution in [0.1, 0.15) is 31.0 Å². The van der Waals surface area contributed by atoms with Crippen molar-refractivity contribution in [2.75, 3.05) is 20.3 Å². The minimum Gasteiger partial charge on any atom is -0.497 e. The maximum Gasteiger partial charge on any atom is 0.118 e. The van der Waals surface area contributed by atoms with Gasteiger partial charge in [0.25, 0.3) is 0 Å². The first-order chi connectivity index (χ1) is 11.8. The molecular weight excluding hydrogens is 302 g/mol. The first-order valence-corrected chi connectivity index (χ1v) is 8.76. The predicted molar refractivity (Wildman–Crippen MR) is 94.0 cm³/mol. The molecular formula is C19H27N3O2. The lowest BCUT2D eigenvalue weighted by atomic mass is 10.1. The Morgan fingerprint density at radius 3 is 2.71 bits per heavy atom. The van der Waals surface area contributed by atoms with Crippen molar-refractivity contribution in [1.82, 2.24) is 14.7 Å². The predicted octanol–water partition coefficient (Wildman–Crippen LogP) is 3.09. The Labute approximate surface area is 144 Å². The van der Waals surface area contributed by atoms with E-state index in [1.807, 2.05) is 23.0 Å². The summed E-state index contributed by atoms with van der Waals surface area (Å²) in [5, 5.41) is 4.63. The first-order valence-electron chi connectivity index (χ1n) is 8.76. The quantitative estimate of drug-likeness (QED) is 0.746. The molecule has 0 N–H and O–H groups in total. The Hall–Kier alpha value is -1.85. The number of methoxy groups -OCH3 is 1. The van der Waals surface area contributed by atoms with Crippen molar-refractivity contribution in [2.24, 2.45) is 0 Å². The van der Waals surface area contributed by atoms with Crippen molar-refractivity contribution in [1.29, 1.82) is 0 Å². The van der Waals surface area contributed by atoms with Gasteiger partial charge in [0.2, 0.25) is 0 Å². The highest BCUT2D eigenvalue weighted by Gasteiger charge is 2.20. The summed E-state index contributed by atoms with van der Waals surface area (Å²) in [5.41, 5.74) is 2.40. The van der Waals surface area contributed by atoms with Gasteiger partial charge >= 0.3 is 0 Å². The monoisotopic (exact) mass is 329 g/mol. The maximum absolute atomic E-state index is 5.83. The molecule has 5 heteroatoms. The number of aryl methyl sites for hydroxylation is 1. The molecule has 0 amide bonds. The molecule has 5 nitrogen and oxygen atoms in total. The van der Waals surface area contributed by atoms with Crippen molar-refractivity contribution in [2.45, 2.75) is 45.5 Å². The molecule has 0 spiro atoms. The number of nitrogens with zero attached hydrogens (tertiary/aromatic N) is 3. The highest BCUT2D eigenvalue weighted by Crippen LogP contribution is 2.18. The fourth-order valence-electron chi connectivity index (χ4n) is 3.14. The van der Waals surface area contributed by atoms with E-state index in [2.05, 4.69) is 35.1 Å². The van der Waals surface area contributed by atoms with E-state index >= 15 is 0 Å². The molecule has 0 unspecified atom stereocenters. The summed E-state index contributed by atoms with van der Waals surface area (Å²) in [6.07, 6.45) is 4.72. The third kappa shape index (κ3) is 4.58. The Bertz CT molecular complexity index is 618. The number of hydrogen-bond acceptors (Lipinski definition) is 4. The lowest BCUT2D eigenvalue weighted by molar-refractivity contribution is 0.0674. The van der Waals surface area contributed by atoms with Gasteiger partial charge in [-0.25, -0.2) is 0 Å². The summed E-state index contributed by atoms with van der Waals surface area (Å²) in [4.78, 5) is 2.43. The smallest absolute Gasteiger partial charge is 0.118 e. The third-order valence-corrected chi connectivity index (χ3v) is 4.46. The third-order valence-electron chi connectivity index (χ3n) is 4.46. The van der Waals surface area contributed by atoms with Crippen LogP contribution in [0.4, 0.5) is 0 Å². The zero-order valence-corrected chi connectivity index (χ0v) is 14.6. The van der Waals surface area contributed by atoms with Gasteiger partial charge in [-0.2, -0.15) is 5.10 Å². The molecule has 3 rings (SSSR count). The number of rotatable bonds is 8. The van der Waals surface area contributed by atoms with Crippen LogP contribution >= 0.6 is 0 Å². The Morgan fingerprint density at radius 1 is 1.25 bits per heavy atom. The van der Waals surface area contributed by atoms with Gasteiger partial charge < -0.3 is 9.47 Å². The van der Waals surface area contributed by atoms with E-state index in [4.69, 9.17) is 9.47 Å². The second kappa shape index (κ2) is 8.31. The molecule has 2 heterocycles. The maximum atomic E-state index is 5.83. The van der Waals surface area contributed by atoms with Crippen LogP contribution in [0.2, 0.25) is 0 Å². The molecule has 2 aromatic rings. The molecule has 1 atom stereocenters. The molecule has 1 aromatic heterocycles. The lowest BCUT2D eigenvalue weighted by Gasteiger charge is -2.24. The summed E-state index contributed by atoms with van der Waals surface area (Å²) >= 11 is 0. The van der Waals surface area contributed by atoms with Gasteiger partial charge in [0.1, 0.15) is 5.75 Å². The summed E-state index contributed by atoms with van der Waals surface area (Å²) in [6.45, 7) is 6.60. The minimum atomic E-state index is 0.344. The van der Waals surface area contributed by atoms with Gasteiger partial charge in [-0.1, -0.05) is 12.1 Å². The molecule has 0 saturated carbocycles. The largest absolute Gasteiger partial charge is 0.497 e. The molecule has 0 radical (unpaired) electrons. The van der Waals surface area contributed by atoms with Crippen LogP contribution in [-0.4, -0.2) is 41.0 Å². The van der Waals surface area contributed by atoms with E-state index in [1.54, 1.807) is 7.11 Å². The fourth-order valence-corrected chi connectivity index (χ4v) is 3.14. The van der Waals surface area contributed by atoms with E-state index < -0.39 is 0 Å². The minimum absolute atomic E-state index is 0.344. The molecule has 1 fully saturated rings. The van der Waals surface area contributed by atoms with Gasteiger partial charge in [0.15, 0.2) is 0 Å². The molecule has 1 aliphatic heterocycles. The number of ether oxygens (including phenoxy) is 2. The van der Waals surface area contributed by atoms with E-state index in [-0.39, 0.29) is 0 Å². The number of aromatic nitrogens is 2.